The Balaban J connectivity index is 2.06. The topological polar surface area (TPSA) is 64.7 Å². The van der Waals surface area contributed by atoms with Gasteiger partial charge in [0, 0.05) is 17.0 Å². The second kappa shape index (κ2) is 4.20. The van der Waals surface area contributed by atoms with Crippen molar-refractivity contribution in [2.24, 2.45) is 5.73 Å². The van der Waals surface area contributed by atoms with E-state index in [1.54, 1.807) is 6.20 Å². The van der Waals surface area contributed by atoms with Crippen molar-refractivity contribution < 1.29 is 0 Å². The van der Waals surface area contributed by atoms with E-state index in [9.17, 15) is 0 Å². The SMILES string of the molecule is NC(c1ccc2cccnc2c1)c1csnn1. The fraction of sp³-hybridized carbons (Fsp3) is 0.0833. The van der Waals surface area contributed by atoms with E-state index in [4.69, 9.17) is 5.73 Å². The maximum absolute atomic E-state index is 6.13. The summed E-state index contributed by atoms with van der Waals surface area (Å²) in [6.45, 7) is 0. The summed E-state index contributed by atoms with van der Waals surface area (Å²) in [6, 6.07) is 9.75. The highest BCUT2D eigenvalue weighted by molar-refractivity contribution is 7.03. The molecule has 2 N–H and O–H groups in total. The van der Waals surface area contributed by atoms with Crippen LogP contribution in [0, 0.1) is 0 Å². The molecule has 0 bridgehead atoms. The highest BCUT2D eigenvalue weighted by Gasteiger charge is 2.12. The Morgan fingerprint density at radius 2 is 2.18 bits per heavy atom. The highest BCUT2D eigenvalue weighted by atomic mass is 32.1. The third-order valence-electron chi connectivity index (χ3n) is 2.68. The van der Waals surface area contributed by atoms with Gasteiger partial charge < -0.3 is 5.73 Å². The molecule has 3 rings (SSSR count). The van der Waals surface area contributed by atoms with Crippen molar-refractivity contribution >= 4 is 22.4 Å². The van der Waals surface area contributed by atoms with Crippen molar-refractivity contribution in [2.75, 3.05) is 0 Å². The summed E-state index contributed by atoms with van der Waals surface area (Å²) in [4.78, 5) is 4.32. The highest BCUT2D eigenvalue weighted by Crippen LogP contribution is 2.21. The van der Waals surface area contributed by atoms with Gasteiger partial charge in [-0.15, -0.1) is 5.10 Å². The number of nitrogens with zero attached hydrogens (tertiary/aromatic N) is 3. The summed E-state index contributed by atoms with van der Waals surface area (Å²) in [5, 5.41) is 6.98. The first-order valence-electron chi connectivity index (χ1n) is 5.22. The van der Waals surface area contributed by atoms with Crippen LogP contribution in [0.3, 0.4) is 0 Å². The molecule has 2 heterocycles. The van der Waals surface area contributed by atoms with E-state index in [-0.39, 0.29) is 6.04 Å². The molecule has 0 aliphatic heterocycles. The van der Waals surface area contributed by atoms with Crippen LogP contribution in [0.2, 0.25) is 0 Å². The molecule has 1 unspecified atom stereocenters. The fourth-order valence-corrected chi connectivity index (χ4v) is 2.25. The molecule has 0 aliphatic carbocycles. The van der Waals surface area contributed by atoms with Crippen LogP contribution in [-0.2, 0) is 0 Å². The van der Waals surface area contributed by atoms with E-state index in [1.165, 1.54) is 11.5 Å². The summed E-state index contributed by atoms with van der Waals surface area (Å²) in [5.41, 5.74) is 8.88. The second-order valence-electron chi connectivity index (χ2n) is 3.76. The molecule has 0 fully saturated rings. The average Bonchev–Trinajstić information content (AvgIpc) is 2.91. The Morgan fingerprint density at radius 3 is 3.00 bits per heavy atom. The number of hydrogen-bond donors (Lipinski definition) is 1. The zero-order valence-corrected chi connectivity index (χ0v) is 9.76. The van der Waals surface area contributed by atoms with Gasteiger partial charge in [0.25, 0.3) is 0 Å². The average molecular weight is 242 g/mol. The molecular formula is C12H10N4S. The van der Waals surface area contributed by atoms with Crippen molar-refractivity contribution in [3.05, 3.63) is 53.2 Å². The minimum Gasteiger partial charge on any atom is -0.319 e. The molecule has 0 saturated heterocycles. The maximum Gasteiger partial charge on any atom is 0.0967 e. The number of benzene rings is 1. The molecule has 3 aromatic rings. The standard InChI is InChI=1S/C12H10N4S/c13-12(11-7-17-16-15-11)9-4-3-8-2-1-5-14-10(8)6-9/h1-7,12H,13H2. The molecule has 2 aromatic heterocycles. The van der Waals surface area contributed by atoms with Gasteiger partial charge in [-0.25, -0.2) is 0 Å². The number of hydrogen-bond acceptors (Lipinski definition) is 5. The van der Waals surface area contributed by atoms with Crippen LogP contribution in [-0.4, -0.2) is 14.6 Å². The molecule has 84 valence electrons. The first-order chi connectivity index (χ1) is 8.34. The van der Waals surface area contributed by atoms with Crippen LogP contribution in [0.25, 0.3) is 10.9 Å². The van der Waals surface area contributed by atoms with Gasteiger partial charge in [0.1, 0.15) is 0 Å². The number of pyridine rings is 1. The van der Waals surface area contributed by atoms with Crippen LogP contribution in [0.5, 0.6) is 0 Å². The van der Waals surface area contributed by atoms with Crippen LogP contribution in [0.4, 0.5) is 0 Å². The van der Waals surface area contributed by atoms with Gasteiger partial charge in [0.05, 0.1) is 17.3 Å². The van der Waals surface area contributed by atoms with Gasteiger partial charge in [-0.05, 0) is 29.2 Å². The lowest BCUT2D eigenvalue weighted by Crippen LogP contribution is -2.12. The van der Waals surface area contributed by atoms with Crippen molar-refractivity contribution in [3.8, 4) is 0 Å². The number of fused-ring (bicyclic) bond motifs is 1. The Bertz CT molecular complexity index is 636. The minimum absolute atomic E-state index is 0.236. The first kappa shape index (κ1) is 10.3. The Morgan fingerprint density at radius 1 is 1.24 bits per heavy atom. The second-order valence-corrected chi connectivity index (χ2v) is 4.37. The maximum atomic E-state index is 6.13. The van der Waals surface area contributed by atoms with Crippen molar-refractivity contribution in [3.63, 3.8) is 0 Å². The Hall–Kier alpha value is -1.85. The first-order valence-corrected chi connectivity index (χ1v) is 6.05. The van der Waals surface area contributed by atoms with Gasteiger partial charge in [-0.3, -0.25) is 4.98 Å². The van der Waals surface area contributed by atoms with Crippen molar-refractivity contribution in [1.29, 1.82) is 0 Å². The fourth-order valence-electron chi connectivity index (χ4n) is 1.76. The van der Waals surface area contributed by atoms with Gasteiger partial charge in [-0.1, -0.05) is 22.7 Å². The molecule has 1 atom stereocenters. The third kappa shape index (κ3) is 1.90. The Labute approximate surface area is 102 Å². The zero-order valence-electron chi connectivity index (χ0n) is 8.95. The summed E-state index contributed by atoms with van der Waals surface area (Å²) in [7, 11) is 0. The zero-order chi connectivity index (χ0) is 11.7. The summed E-state index contributed by atoms with van der Waals surface area (Å²) >= 11 is 1.31. The van der Waals surface area contributed by atoms with Gasteiger partial charge in [-0.2, -0.15) is 0 Å². The largest absolute Gasteiger partial charge is 0.319 e. The molecule has 0 aliphatic rings. The predicted octanol–water partition coefficient (Wildman–Crippen LogP) is 2.13. The summed E-state index contributed by atoms with van der Waals surface area (Å²) in [6.07, 6.45) is 1.78. The van der Waals surface area contributed by atoms with Crippen LogP contribution >= 0.6 is 11.5 Å². The molecule has 0 spiro atoms. The number of aromatic nitrogens is 3. The number of nitrogens with two attached hydrogens (primary N) is 1. The Kier molecular flexibility index (Phi) is 2.55. The van der Waals surface area contributed by atoms with Gasteiger partial charge in [0.2, 0.25) is 0 Å². The molecule has 5 heteroatoms. The quantitative estimate of drug-likeness (QED) is 0.747. The summed E-state index contributed by atoms with van der Waals surface area (Å²) < 4.78 is 3.83. The lowest BCUT2D eigenvalue weighted by molar-refractivity contribution is 0.819. The van der Waals surface area contributed by atoms with E-state index >= 15 is 0 Å². The van der Waals surface area contributed by atoms with Crippen LogP contribution < -0.4 is 5.73 Å². The van der Waals surface area contributed by atoms with E-state index in [1.807, 2.05) is 35.7 Å². The number of rotatable bonds is 2. The van der Waals surface area contributed by atoms with Crippen LogP contribution in [0.1, 0.15) is 17.3 Å². The van der Waals surface area contributed by atoms with Crippen molar-refractivity contribution in [2.45, 2.75) is 6.04 Å². The summed E-state index contributed by atoms with van der Waals surface area (Å²) in [5.74, 6) is 0. The molecular weight excluding hydrogens is 232 g/mol. The van der Waals surface area contributed by atoms with Gasteiger partial charge >= 0.3 is 0 Å². The molecule has 4 nitrogen and oxygen atoms in total. The van der Waals surface area contributed by atoms with E-state index in [2.05, 4.69) is 14.6 Å². The molecule has 0 radical (unpaired) electrons. The van der Waals surface area contributed by atoms with E-state index in [0.29, 0.717) is 0 Å². The van der Waals surface area contributed by atoms with E-state index < -0.39 is 0 Å². The third-order valence-corrected chi connectivity index (χ3v) is 3.21. The van der Waals surface area contributed by atoms with Crippen molar-refractivity contribution in [1.82, 2.24) is 14.6 Å². The molecule has 0 amide bonds. The van der Waals surface area contributed by atoms with E-state index in [0.717, 1.165) is 22.2 Å². The predicted molar refractivity (Wildman–Crippen MR) is 67.7 cm³/mol. The molecule has 1 aromatic carbocycles. The van der Waals surface area contributed by atoms with Gasteiger partial charge in [0.15, 0.2) is 0 Å². The normalized spacial score (nSPS) is 12.8. The minimum atomic E-state index is -0.236. The van der Waals surface area contributed by atoms with Crippen LogP contribution in [0.15, 0.2) is 41.9 Å². The molecule has 0 saturated carbocycles. The molecule has 17 heavy (non-hydrogen) atoms. The lowest BCUT2D eigenvalue weighted by Gasteiger charge is -2.09. The smallest absolute Gasteiger partial charge is 0.0967 e. The monoisotopic (exact) mass is 242 g/mol. The lowest BCUT2D eigenvalue weighted by atomic mass is 10.0.